The van der Waals surface area contributed by atoms with Gasteiger partial charge in [-0.1, -0.05) is 13.0 Å². The summed E-state index contributed by atoms with van der Waals surface area (Å²) in [4.78, 5) is 0. The highest BCUT2D eigenvalue weighted by atomic mass is 16.5. The topological polar surface area (TPSA) is 21.3 Å². The molecule has 0 amide bonds. The standard InChI is InChI=1S/C11H17NO/c1-4-9(2)12-10-6-5-7-11(8-10)13-3/h5-9,12H,4H2,1-3H3/t9-/m0/s1. The van der Waals surface area contributed by atoms with Crippen molar-refractivity contribution in [1.29, 1.82) is 0 Å². The fourth-order valence-electron chi connectivity index (χ4n) is 1.10. The average Bonchev–Trinajstić information content (AvgIpc) is 2.18. The van der Waals surface area contributed by atoms with E-state index in [-0.39, 0.29) is 0 Å². The molecule has 0 aliphatic rings. The number of rotatable bonds is 4. The van der Waals surface area contributed by atoms with Crippen molar-refractivity contribution >= 4 is 5.69 Å². The van der Waals surface area contributed by atoms with Crippen LogP contribution in [0.2, 0.25) is 0 Å². The van der Waals surface area contributed by atoms with Gasteiger partial charge in [0.15, 0.2) is 0 Å². The summed E-state index contributed by atoms with van der Waals surface area (Å²) >= 11 is 0. The maximum absolute atomic E-state index is 5.13. The van der Waals surface area contributed by atoms with Gasteiger partial charge in [-0.3, -0.25) is 0 Å². The van der Waals surface area contributed by atoms with Crippen molar-refractivity contribution in [3.8, 4) is 5.75 Å². The van der Waals surface area contributed by atoms with E-state index in [4.69, 9.17) is 4.74 Å². The first kappa shape index (κ1) is 9.90. The molecule has 1 aromatic rings. The van der Waals surface area contributed by atoms with E-state index in [1.807, 2.05) is 18.2 Å². The molecule has 0 aliphatic carbocycles. The number of ether oxygens (including phenoxy) is 1. The lowest BCUT2D eigenvalue weighted by molar-refractivity contribution is 0.415. The normalized spacial score (nSPS) is 12.2. The van der Waals surface area contributed by atoms with Crippen molar-refractivity contribution in [3.63, 3.8) is 0 Å². The number of hydrogen-bond donors (Lipinski definition) is 1. The Balaban J connectivity index is 2.66. The predicted molar refractivity (Wildman–Crippen MR) is 56.4 cm³/mol. The predicted octanol–water partition coefficient (Wildman–Crippen LogP) is 2.91. The molecule has 0 unspecified atom stereocenters. The molecule has 0 heterocycles. The molecule has 0 saturated heterocycles. The summed E-state index contributed by atoms with van der Waals surface area (Å²) in [5, 5.41) is 3.39. The van der Waals surface area contributed by atoms with Gasteiger partial charge in [0.05, 0.1) is 7.11 Å². The smallest absolute Gasteiger partial charge is 0.120 e. The number of nitrogens with one attached hydrogen (secondary N) is 1. The van der Waals surface area contributed by atoms with E-state index in [2.05, 4.69) is 25.2 Å². The summed E-state index contributed by atoms with van der Waals surface area (Å²) in [5.41, 5.74) is 1.12. The van der Waals surface area contributed by atoms with Crippen LogP contribution in [0.4, 0.5) is 5.69 Å². The lowest BCUT2D eigenvalue weighted by Gasteiger charge is -2.13. The molecule has 0 aromatic heterocycles. The van der Waals surface area contributed by atoms with Crippen molar-refractivity contribution in [2.75, 3.05) is 12.4 Å². The van der Waals surface area contributed by atoms with Crippen LogP contribution in [0.25, 0.3) is 0 Å². The Hall–Kier alpha value is -1.18. The molecule has 1 atom stereocenters. The highest BCUT2D eigenvalue weighted by Gasteiger charge is 1.99. The zero-order valence-electron chi connectivity index (χ0n) is 8.50. The second-order valence-corrected chi connectivity index (χ2v) is 3.19. The van der Waals surface area contributed by atoms with Gasteiger partial charge in [-0.2, -0.15) is 0 Å². The van der Waals surface area contributed by atoms with Crippen molar-refractivity contribution < 1.29 is 4.74 Å². The minimum Gasteiger partial charge on any atom is -0.497 e. The maximum atomic E-state index is 5.13. The Morgan fingerprint density at radius 3 is 2.85 bits per heavy atom. The van der Waals surface area contributed by atoms with Crippen LogP contribution in [0.15, 0.2) is 24.3 Å². The van der Waals surface area contributed by atoms with Crippen LogP contribution in [-0.4, -0.2) is 13.2 Å². The van der Waals surface area contributed by atoms with E-state index in [1.54, 1.807) is 7.11 Å². The van der Waals surface area contributed by atoms with Crippen LogP contribution in [0.5, 0.6) is 5.75 Å². The van der Waals surface area contributed by atoms with E-state index in [0.717, 1.165) is 17.9 Å². The SMILES string of the molecule is CC[C@H](C)Nc1cccc(OC)c1. The summed E-state index contributed by atoms with van der Waals surface area (Å²) in [5.74, 6) is 0.897. The summed E-state index contributed by atoms with van der Waals surface area (Å²) in [6, 6.07) is 8.50. The zero-order valence-corrected chi connectivity index (χ0v) is 8.50. The number of methoxy groups -OCH3 is 1. The third-order valence-corrected chi connectivity index (χ3v) is 2.10. The van der Waals surface area contributed by atoms with Gasteiger partial charge < -0.3 is 10.1 Å². The van der Waals surface area contributed by atoms with Crippen LogP contribution >= 0.6 is 0 Å². The molecule has 2 nitrogen and oxygen atoms in total. The number of anilines is 1. The molecule has 1 aromatic carbocycles. The average molecular weight is 179 g/mol. The minimum absolute atomic E-state index is 0.507. The minimum atomic E-state index is 0.507. The molecule has 13 heavy (non-hydrogen) atoms. The van der Waals surface area contributed by atoms with Crippen molar-refractivity contribution in [2.24, 2.45) is 0 Å². The lowest BCUT2D eigenvalue weighted by atomic mass is 10.2. The Labute approximate surface area is 79.9 Å². The Kier molecular flexibility index (Phi) is 3.62. The molecule has 0 fully saturated rings. The molecule has 0 radical (unpaired) electrons. The fourth-order valence-corrected chi connectivity index (χ4v) is 1.10. The quantitative estimate of drug-likeness (QED) is 0.767. The van der Waals surface area contributed by atoms with Crippen molar-refractivity contribution in [2.45, 2.75) is 26.3 Å². The van der Waals surface area contributed by atoms with E-state index in [9.17, 15) is 0 Å². The van der Waals surface area contributed by atoms with Crippen LogP contribution in [0.3, 0.4) is 0 Å². The molecule has 1 rings (SSSR count). The first-order chi connectivity index (χ1) is 6.26. The van der Waals surface area contributed by atoms with Gasteiger partial charge >= 0.3 is 0 Å². The third kappa shape index (κ3) is 2.98. The van der Waals surface area contributed by atoms with Crippen LogP contribution in [0.1, 0.15) is 20.3 Å². The first-order valence-electron chi connectivity index (χ1n) is 4.67. The van der Waals surface area contributed by atoms with Gasteiger partial charge in [-0.15, -0.1) is 0 Å². The Morgan fingerprint density at radius 2 is 2.23 bits per heavy atom. The van der Waals surface area contributed by atoms with Gasteiger partial charge in [0.25, 0.3) is 0 Å². The maximum Gasteiger partial charge on any atom is 0.120 e. The molecule has 72 valence electrons. The Bertz CT molecular complexity index is 260. The first-order valence-corrected chi connectivity index (χ1v) is 4.67. The summed E-state index contributed by atoms with van der Waals surface area (Å²) in [7, 11) is 1.68. The second kappa shape index (κ2) is 4.75. The van der Waals surface area contributed by atoms with Crippen molar-refractivity contribution in [3.05, 3.63) is 24.3 Å². The van der Waals surface area contributed by atoms with Gasteiger partial charge in [0, 0.05) is 17.8 Å². The van der Waals surface area contributed by atoms with E-state index in [0.29, 0.717) is 6.04 Å². The molecule has 0 bridgehead atoms. The highest BCUT2D eigenvalue weighted by molar-refractivity contribution is 5.48. The van der Waals surface area contributed by atoms with Gasteiger partial charge in [0.2, 0.25) is 0 Å². The summed E-state index contributed by atoms with van der Waals surface area (Å²) in [6.45, 7) is 4.33. The monoisotopic (exact) mass is 179 g/mol. The Morgan fingerprint density at radius 1 is 1.46 bits per heavy atom. The van der Waals surface area contributed by atoms with Crippen LogP contribution in [-0.2, 0) is 0 Å². The van der Waals surface area contributed by atoms with E-state index in [1.165, 1.54) is 0 Å². The third-order valence-electron chi connectivity index (χ3n) is 2.10. The molecule has 0 aliphatic heterocycles. The summed E-state index contributed by atoms with van der Waals surface area (Å²) < 4.78 is 5.13. The van der Waals surface area contributed by atoms with Crippen LogP contribution in [0, 0.1) is 0 Å². The molecule has 1 N–H and O–H groups in total. The second-order valence-electron chi connectivity index (χ2n) is 3.19. The summed E-state index contributed by atoms with van der Waals surface area (Å²) in [6.07, 6.45) is 1.12. The van der Waals surface area contributed by atoms with E-state index >= 15 is 0 Å². The molecule has 2 heteroatoms. The molecule has 0 saturated carbocycles. The number of benzene rings is 1. The largest absolute Gasteiger partial charge is 0.497 e. The molecular weight excluding hydrogens is 162 g/mol. The van der Waals surface area contributed by atoms with Gasteiger partial charge in [0.1, 0.15) is 5.75 Å². The van der Waals surface area contributed by atoms with Crippen LogP contribution < -0.4 is 10.1 Å². The van der Waals surface area contributed by atoms with Gasteiger partial charge in [-0.25, -0.2) is 0 Å². The van der Waals surface area contributed by atoms with Gasteiger partial charge in [-0.05, 0) is 25.5 Å². The van der Waals surface area contributed by atoms with E-state index < -0.39 is 0 Å². The lowest BCUT2D eigenvalue weighted by Crippen LogP contribution is -2.13. The van der Waals surface area contributed by atoms with Crippen molar-refractivity contribution in [1.82, 2.24) is 0 Å². The fraction of sp³-hybridized carbons (Fsp3) is 0.455. The number of hydrogen-bond acceptors (Lipinski definition) is 2. The highest BCUT2D eigenvalue weighted by Crippen LogP contribution is 2.17. The molecular formula is C11H17NO. The molecule has 0 spiro atoms. The zero-order chi connectivity index (χ0) is 9.68.